The molecule has 1 amide bonds. The highest BCUT2D eigenvalue weighted by atomic mass is 35.5. The van der Waals surface area contributed by atoms with Gasteiger partial charge in [0.2, 0.25) is 5.91 Å². The van der Waals surface area contributed by atoms with Crippen molar-refractivity contribution in [1.82, 2.24) is 18.8 Å². The Bertz CT molecular complexity index is 1600. The molecule has 180 valence electrons. The molecule has 0 unspecified atom stereocenters. The average Bonchev–Trinajstić information content (AvgIpc) is 3.11. The fourth-order valence-electron chi connectivity index (χ4n) is 3.54. The van der Waals surface area contributed by atoms with Crippen LogP contribution in [-0.4, -0.2) is 39.3 Å². The van der Waals surface area contributed by atoms with Gasteiger partial charge < -0.3 is 5.32 Å². The molecule has 0 saturated carbocycles. The maximum Gasteiger partial charge on any atom is 0.343 e. The van der Waals surface area contributed by atoms with Gasteiger partial charge in [-0.1, -0.05) is 29.8 Å². The van der Waals surface area contributed by atoms with Crippen molar-refractivity contribution in [3.05, 3.63) is 98.2 Å². The van der Waals surface area contributed by atoms with Crippen molar-refractivity contribution < 1.29 is 18.1 Å². The molecule has 0 spiro atoms. The van der Waals surface area contributed by atoms with Crippen molar-refractivity contribution in [3.63, 3.8) is 0 Å². The van der Waals surface area contributed by atoms with Crippen molar-refractivity contribution in [3.8, 4) is 0 Å². The number of rotatable bonds is 8. The average molecular weight is 516 g/mol. The van der Waals surface area contributed by atoms with Crippen molar-refractivity contribution in [1.29, 1.82) is 0 Å². The number of nitro benzene ring substituents is 1. The van der Waals surface area contributed by atoms with Gasteiger partial charge in [-0.3, -0.25) is 24.5 Å². The quantitative estimate of drug-likeness (QED) is 0.280. The van der Waals surface area contributed by atoms with E-state index in [0.717, 1.165) is 28.5 Å². The number of hydrogen-bond acceptors (Lipinski definition) is 7. The summed E-state index contributed by atoms with van der Waals surface area (Å²) in [5.74, 6) is -0.495. The van der Waals surface area contributed by atoms with Crippen molar-refractivity contribution in [2.24, 2.45) is 0 Å². The van der Waals surface area contributed by atoms with E-state index in [9.17, 15) is 28.1 Å². The second kappa shape index (κ2) is 9.68. The summed E-state index contributed by atoms with van der Waals surface area (Å²) in [6, 6.07) is 14.4. The van der Waals surface area contributed by atoms with Crippen molar-refractivity contribution in [2.75, 3.05) is 6.54 Å². The number of fused-ring (bicyclic) bond motifs is 1. The molecule has 1 N–H and O–H groups in total. The molecule has 0 atom stereocenters. The number of amides is 1. The van der Waals surface area contributed by atoms with Crippen LogP contribution in [0.3, 0.4) is 0 Å². The largest absolute Gasteiger partial charge is 0.354 e. The van der Waals surface area contributed by atoms with Crippen LogP contribution >= 0.6 is 11.6 Å². The number of halogens is 1. The van der Waals surface area contributed by atoms with E-state index in [4.69, 9.17) is 11.6 Å². The molecule has 35 heavy (non-hydrogen) atoms. The molecule has 2 aromatic heterocycles. The third-order valence-electron chi connectivity index (χ3n) is 5.18. The van der Waals surface area contributed by atoms with Gasteiger partial charge in [-0.15, -0.1) is 0 Å². The van der Waals surface area contributed by atoms with E-state index in [1.54, 1.807) is 18.3 Å². The highest BCUT2D eigenvalue weighted by Gasteiger charge is 2.28. The number of para-hydroxylation sites is 2. The minimum atomic E-state index is -4.56. The Morgan fingerprint density at radius 2 is 1.80 bits per heavy atom. The normalized spacial score (nSPS) is 11.5. The van der Waals surface area contributed by atoms with Crippen LogP contribution in [0.25, 0.3) is 11.0 Å². The zero-order valence-corrected chi connectivity index (χ0v) is 19.6. The summed E-state index contributed by atoms with van der Waals surface area (Å²) < 4.78 is 28.3. The topological polar surface area (TPSA) is 146 Å². The van der Waals surface area contributed by atoms with E-state index < -0.39 is 43.7 Å². The first-order chi connectivity index (χ1) is 16.7. The number of pyridine rings is 1. The molecule has 0 saturated heterocycles. The first-order valence-corrected chi connectivity index (χ1v) is 12.1. The number of nitrogens with zero attached hydrogens (tertiary/aromatic N) is 4. The predicted molar refractivity (Wildman–Crippen MR) is 128 cm³/mol. The molecular weight excluding hydrogens is 498 g/mol. The highest BCUT2D eigenvalue weighted by Crippen LogP contribution is 2.28. The third-order valence-corrected chi connectivity index (χ3v) is 7.18. The van der Waals surface area contributed by atoms with Crippen LogP contribution < -0.4 is 11.0 Å². The SMILES string of the molecule is O=C(Cn1c(=O)n(S(=O)(=O)c2ccc(Cl)c([N+](=O)[O-])c2)c2ccccc21)NCCc1ccccn1. The Labute approximate surface area is 203 Å². The fourth-order valence-corrected chi connectivity index (χ4v) is 5.15. The molecule has 0 fully saturated rings. The third kappa shape index (κ3) is 4.79. The maximum atomic E-state index is 13.4. The van der Waals surface area contributed by atoms with Crippen LogP contribution in [0.5, 0.6) is 0 Å². The second-order valence-corrected chi connectivity index (χ2v) is 9.61. The van der Waals surface area contributed by atoms with E-state index in [2.05, 4.69) is 10.3 Å². The molecule has 13 heteroatoms. The Kier molecular flexibility index (Phi) is 6.67. The number of carbonyl (C=O) groups excluding carboxylic acids is 1. The van der Waals surface area contributed by atoms with Gasteiger partial charge in [0.05, 0.1) is 20.9 Å². The minimum absolute atomic E-state index is 0.0244. The summed E-state index contributed by atoms with van der Waals surface area (Å²) in [5.41, 5.74) is -0.578. The lowest BCUT2D eigenvalue weighted by Gasteiger charge is -2.07. The molecule has 4 rings (SSSR count). The van der Waals surface area contributed by atoms with Gasteiger partial charge in [-0.25, -0.2) is 13.2 Å². The predicted octanol–water partition coefficient (Wildman–Crippen LogP) is 2.36. The summed E-state index contributed by atoms with van der Waals surface area (Å²) in [6.07, 6.45) is 2.12. The molecule has 11 nitrogen and oxygen atoms in total. The van der Waals surface area contributed by atoms with Crippen LogP contribution in [0.2, 0.25) is 5.02 Å². The summed E-state index contributed by atoms with van der Waals surface area (Å²) >= 11 is 5.80. The van der Waals surface area contributed by atoms with Crippen LogP contribution in [0.1, 0.15) is 5.69 Å². The highest BCUT2D eigenvalue weighted by molar-refractivity contribution is 7.90. The summed E-state index contributed by atoms with van der Waals surface area (Å²) in [5, 5.41) is 13.7. The van der Waals surface area contributed by atoms with E-state index in [0.29, 0.717) is 10.4 Å². The smallest absolute Gasteiger partial charge is 0.343 e. The van der Waals surface area contributed by atoms with Gasteiger partial charge in [0, 0.05) is 30.9 Å². The number of aromatic nitrogens is 3. The molecule has 0 aliphatic heterocycles. The zero-order chi connectivity index (χ0) is 25.2. The molecule has 0 aliphatic carbocycles. The molecule has 2 heterocycles. The number of imidazole rings is 1. The minimum Gasteiger partial charge on any atom is -0.354 e. The van der Waals surface area contributed by atoms with Gasteiger partial charge in [0.15, 0.2) is 0 Å². The first kappa shape index (κ1) is 24.1. The van der Waals surface area contributed by atoms with E-state index >= 15 is 0 Å². The van der Waals surface area contributed by atoms with Gasteiger partial charge >= 0.3 is 5.69 Å². The van der Waals surface area contributed by atoms with Crippen LogP contribution in [-0.2, 0) is 27.8 Å². The lowest BCUT2D eigenvalue weighted by atomic mass is 10.3. The molecule has 0 bridgehead atoms. The molecule has 4 aromatic rings. The monoisotopic (exact) mass is 515 g/mol. The molecule has 0 aliphatic rings. The Morgan fingerprint density at radius 3 is 2.49 bits per heavy atom. The second-order valence-electron chi connectivity index (χ2n) is 7.42. The molecule has 2 aromatic carbocycles. The lowest BCUT2D eigenvalue weighted by molar-refractivity contribution is -0.384. The van der Waals surface area contributed by atoms with Gasteiger partial charge in [-0.05, 0) is 36.4 Å². The standard InChI is InChI=1S/C22H18ClN5O6S/c23-17-9-8-16(13-20(17)28(31)32)35(33,34)27-19-7-2-1-6-18(19)26(22(27)30)14-21(29)25-12-10-15-5-3-4-11-24-15/h1-9,11,13H,10,12,14H2,(H,25,29). The van der Waals surface area contributed by atoms with Gasteiger partial charge in [0.1, 0.15) is 11.6 Å². The van der Waals surface area contributed by atoms with Crippen LogP contribution in [0, 0.1) is 10.1 Å². The Morgan fingerprint density at radius 1 is 1.09 bits per heavy atom. The fraction of sp³-hybridized carbons (Fsp3) is 0.136. The van der Waals surface area contributed by atoms with Gasteiger partial charge in [-0.2, -0.15) is 3.97 Å². The Hall–Kier alpha value is -4.03. The maximum absolute atomic E-state index is 13.4. The van der Waals surface area contributed by atoms with Crippen LogP contribution in [0.4, 0.5) is 5.69 Å². The van der Waals surface area contributed by atoms with E-state index in [-0.39, 0.29) is 22.6 Å². The van der Waals surface area contributed by atoms with Crippen molar-refractivity contribution >= 4 is 44.3 Å². The summed E-state index contributed by atoms with van der Waals surface area (Å²) in [4.78, 5) is 39.9. The van der Waals surface area contributed by atoms with Crippen LogP contribution in [0.15, 0.2) is 76.6 Å². The number of hydrogen-bond donors (Lipinski definition) is 1. The number of carbonyl (C=O) groups is 1. The number of nitro groups is 1. The van der Waals surface area contributed by atoms with Gasteiger partial charge in [0.25, 0.3) is 15.7 Å². The molecular formula is C22H18ClN5O6S. The number of benzene rings is 2. The summed E-state index contributed by atoms with van der Waals surface area (Å²) in [7, 11) is -4.56. The van der Waals surface area contributed by atoms with Crippen molar-refractivity contribution in [2.45, 2.75) is 17.9 Å². The Balaban J connectivity index is 1.68. The zero-order valence-electron chi connectivity index (χ0n) is 18.0. The van der Waals surface area contributed by atoms with E-state index in [1.807, 2.05) is 12.1 Å². The first-order valence-electron chi connectivity index (χ1n) is 10.3. The number of nitrogens with one attached hydrogen (secondary N) is 1. The summed E-state index contributed by atoms with van der Waals surface area (Å²) in [6.45, 7) is -0.152. The van der Waals surface area contributed by atoms with E-state index in [1.165, 1.54) is 18.2 Å². The molecule has 0 radical (unpaired) electrons. The lowest BCUT2D eigenvalue weighted by Crippen LogP contribution is -2.35.